The molecule has 0 aromatic carbocycles. The van der Waals surface area contributed by atoms with Crippen molar-refractivity contribution in [2.45, 2.75) is 12.8 Å². The number of anilines is 1. The Morgan fingerprint density at radius 2 is 1.75 bits per heavy atom. The van der Waals surface area contributed by atoms with Crippen molar-refractivity contribution in [3.05, 3.63) is 18.5 Å². The van der Waals surface area contributed by atoms with Crippen molar-refractivity contribution in [1.29, 1.82) is 10.5 Å². The minimum Gasteiger partial charge on any atom is -0.454 e. The van der Waals surface area contributed by atoms with E-state index in [-0.39, 0.29) is 32.5 Å². The van der Waals surface area contributed by atoms with E-state index in [2.05, 4.69) is 9.97 Å². The molecule has 1 heterocycles. The Hall–Kier alpha value is -3.20. The third-order valence-electron chi connectivity index (χ3n) is 2.96. The predicted octanol–water partition coefficient (Wildman–Crippen LogP) is 0.112. The lowest BCUT2D eigenvalue weighted by atomic mass is 10.3. The van der Waals surface area contributed by atoms with Gasteiger partial charge in [-0.3, -0.25) is 9.59 Å². The number of aromatic nitrogens is 2. The van der Waals surface area contributed by atoms with Crippen LogP contribution in [0.2, 0.25) is 0 Å². The molecule has 0 spiro atoms. The number of likely N-dealkylation sites (N-methyl/N-ethyl adjacent to an activating group) is 1. The second-order valence-corrected chi connectivity index (χ2v) is 4.76. The molecule has 0 bridgehead atoms. The average Bonchev–Trinajstić information content (AvgIpc) is 2.60. The summed E-state index contributed by atoms with van der Waals surface area (Å²) in [5, 5.41) is 17.2. The van der Waals surface area contributed by atoms with E-state index in [1.54, 1.807) is 25.5 Å². The molecule has 0 fully saturated rings. The maximum atomic E-state index is 12.0. The number of rotatable bonds is 9. The number of carbonyl (C=O) groups excluding carboxylic acids is 2. The highest BCUT2D eigenvalue weighted by Crippen LogP contribution is 2.02. The van der Waals surface area contributed by atoms with Gasteiger partial charge in [0, 0.05) is 32.5 Å². The van der Waals surface area contributed by atoms with Crippen LogP contribution in [-0.4, -0.2) is 60.0 Å². The van der Waals surface area contributed by atoms with E-state index in [4.69, 9.17) is 15.3 Å². The number of nitrogens with zero attached hydrogens (tertiary/aromatic N) is 6. The second kappa shape index (κ2) is 10.5. The highest BCUT2D eigenvalue weighted by Gasteiger charge is 2.16. The van der Waals surface area contributed by atoms with Gasteiger partial charge in [0.05, 0.1) is 25.0 Å². The lowest BCUT2D eigenvalue weighted by Gasteiger charge is -2.20. The van der Waals surface area contributed by atoms with Gasteiger partial charge in [-0.05, 0) is 6.07 Å². The first-order valence-electron chi connectivity index (χ1n) is 7.24. The Kier molecular flexibility index (Phi) is 8.26. The van der Waals surface area contributed by atoms with Crippen LogP contribution in [0.25, 0.3) is 0 Å². The standard InChI is InChI=1S/C15H18N6O3/c1-20(15-18-7-4-8-19-15)11-14(23)24-12-13(22)21(9-2-5-16)10-3-6-17/h4,7-8H,2-3,9-12H2,1H3. The van der Waals surface area contributed by atoms with Gasteiger partial charge in [0.15, 0.2) is 6.61 Å². The van der Waals surface area contributed by atoms with Crippen LogP contribution < -0.4 is 4.90 Å². The van der Waals surface area contributed by atoms with Crippen molar-refractivity contribution < 1.29 is 14.3 Å². The van der Waals surface area contributed by atoms with Crippen LogP contribution in [-0.2, 0) is 14.3 Å². The summed E-state index contributed by atoms with van der Waals surface area (Å²) in [4.78, 5) is 34.6. The largest absolute Gasteiger partial charge is 0.454 e. The van der Waals surface area contributed by atoms with E-state index in [0.29, 0.717) is 5.95 Å². The van der Waals surface area contributed by atoms with Crippen molar-refractivity contribution in [2.24, 2.45) is 0 Å². The van der Waals surface area contributed by atoms with Gasteiger partial charge in [0.1, 0.15) is 6.54 Å². The molecule has 0 saturated carbocycles. The Morgan fingerprint density at radius 1 is 1.17 bits per heavy atom. The molecule has 0 radical (unpaired) electrons. The fraction of sp³-hybridized carbons (Fsp3) is 0.467. The highest BCUT2D eigenvalue weighted by atomic mass is 16.5. The van der Waals surface area contributed by atoms with Crippen molar-refractivity contribution in [1.82, 2.24) is 14.9 Å². The number of esters is 1. The fourth-order valence-electron chi connectivity index (χ4n) is 1.76. The van der Waals surface area contributed by atoms with Gasteiger partial charge in [-0.15, -0.1) is 0 Å². The molecule has 0 aliphatic rings. The topological polar surface area (TPSA) is 123 Å². The smallest absolute Gasteiger partial charge is 0.326 e. The number of carbonyl (C=O) groups is 2. The van der Waals surface area contributed by atoms with Gasteiger partial charge in [-0.2, -0.15) is 10.5 Å². The molecule has 1 aromatic rings. The summed E-state index contributed by atoms with van der Waals surface area (Å²) in [7, 11) is 1.63. The molecule has 0 aliphatic carbocycles. The molecule has 0 saturated heterocycles. The maximum absolute atomic E-state index is 12.0. The van der Waals surface area contributed by atoms with Crippen LogP contribution in [0, 0.1) is 22.7 Å². The summed E-state index contributed by atoms with van der Waals surface area (Å²) < 4.78 is 4.94. The molecule has 0 aliphatic heterocycles. The number of ether oxygens (including phenoxy) is 1. The lowest BCUT2D eigenvalue weighted by molar-refractivity contribution is -0.150. The second-order valence-electron chi connectivity index (χ2n) is 4.76. The first-order valence-corrected chi connectivity index (χ1v) is 7.24. The monoisotopic (exact) mass is 330 g/mol. The zero-order valence-electron chi connectivity index (χ0n) is 13.4. The lowest BCUT2D eigenvalue weighted by Crippen LogP contribution is -2.37. The number of nitriles is 2. The van der Waals surface area contributed by atoms with Crippen LogP contribution in [0.5, 0.6) is 0 Å². The Balaban J connectivity index is 2.44. The Morgan fingerprint density at radius 3 is 2.29 bits per heavy atom. The normalized spacial score (nSPS) is 9.46. The van der Waals surface area contributed by atoms with E-state index < -0.39 is 18.5 Å². The summed E-state index contributed by atoms with van der Waals surface area (Å²) in [5.41, 5.74) is 0. The van der Waals surface area contributed by atoms with E-state index in [1.807, 2.05) is 12.1 Å². The van der Waals surface area contributed by atoms with Crippen molar-refractivity contribution in [3.8, 4) is 12.1 Å². The van der Waals surface area contributed by atoms with E-state index in [9.17, 15) is 9.59 Å². The summed E-state index contributed by atoms with van der Waals surface area (Å²) in [5.74, 6) is -0.670. The summed E-state index contributed by atoms with van der Waals surface area (Å²) in [6.45, 7) is -0.133. The molecule has 24 heavy (non-hydrogen) atoms. The molecule has 0 unspecified atom stereocenters. The Labute approximate surface area is 140 Å². The van der Waals surface area contributed by atoms with Crippen LogP contribution >= 0.6 is 0 Å². The van der Waals surface area contributed by atoms with Crippen LogP contribution in [0.4, 0.5) is 5.95 Å². The highest BCUT2D eigenvalue weighted by molar-refractivity contribution is 5.82. The van der Waals surface area contributed by atoms with Crippen LogP contribution in [0.3, 0.4) is 0 Å². The third-order valence-corrected chi connectivity index (χ3v) is 2.96. The first kappa shape index (κ1) is 18.8. The zero-order valence-corrected chi connectivity index (χ0v) is 13.4. The van der Waals surface area contributed by atoms with E-state index >= 15 is 0 Å². The first-order chi connectivity index (χ1) is 11.6. The minimum absolute atomic E-state index is 0.103. The van der Waals surface area contributed by atoms with Gasteiger partial charge < -0.3 is 14.5 Å². The van der Waals surface area contributed by atoms with Gasteiger partial charge in [-0.1, -0.05) is 0 Å². The van der Waals surface area contributed by atoms with Gasteiger partial charge >= 0.3 is 5.97 Å². The number of hydrogen-bond acceptors (Lipinski definition) is 8. The van der Waals surface area contributed by atoms with E-state index in [0.717, 1.165) is 0 Å². The Bertz CT molecular complexity index is 604. The SMILES string of the molecule is CN(CC(=O)OCC(=O)N(CCC#N)CCC#N)c1ncccn1. The fourth-order valence-corrected chi connectivity index (χ4v) is 1.76. The van der Waals surface area contributed by atoms with Gasteiger partial charge in [-0.25, -0.2) is 9.97 Å². The molecule has 1 aromatic heterocycles. The maximum Gasteiger partial charge on any atom is 0.326 e. The summed E-state index contributed by atoms with van der Waals surface area (Å²) >= 11 is 0. The number of amides is 1. The molecule has 1 amide bonds. The van der Waals surface area contributed by atoms with Crippen molar-refractivity contribution >= 4 is 17.8 Å². The summed E-state index contributed by atoms with van der Waals surface area (Å²) in [6, 6.07) is 5.53. The molecule has 1 rings (SSSR count). The molecular formula is C15H18N6O3. The van der Waals surface area contributed by atoms with Crippen LogP contribution in [0.15, 0.2) is 18.5 Å². The molecule has 126 valence electrons. The third kappa shape index (κ3) is 6.71. The molecule has 9 nitrogen and oxygen atoms in total. The predicted molar refractivity (Wildman–Crippen MR) is 83.3 cm³/mol. The van der Waals surface area contributed by atoms with Gasteiger partial charge in [0.25, 0.3) is 5.91 Å². The number of hydrogen-bond donors (Lipinski definition) is 0. The zero-order chi connectivity index (χ0) is 17.8. The quantitative estimate of drug-likeness (QED) is 0.585. The molecule has 0 atom stereocenters. The average molecular weight is 330 g/mol. The molecular weight excluding hydrogens is 312 g/mol. The van der Waals surface area contributed by atoms with E-state index in [1.165, 1.54) is 9.80 Å². The summed E-state index contributed by atoms with van der Waals surface area (Å²) in [6.07, 6.45) is 3.41. The van der Waals surface area contributed by atoms with Crippen LogP contribution in [0.1, 0.15) is 12.8 Å². The molecule has 0 N–H and O–H groups in total. The van der Waals surface area contributed by atoms with Gasteiger partial charge in [0.2, 0.25) is 5.95 Å². The van der Waals surface area contributed by atoms with Crippen molar-refractivity contribution in [3.63, 3.8) is 0 Å². The minimum atomic E-state index is -0.598. The van der Waals surface area contributed by atoms with Crippen molar-refractivity contribution in [2.75, 3.05) is 38.2 Å². The molecule has 9 heteroatoms.